The predicted molar refractivity (Wildman–Crippen MR) is 82.7 cm³/mol. The maximum atomic E-state index is 12.0. The summed E-state index contributed by atoms with van der Waals surface area (Å²) >= 11 is 3.51. The highest BCUT2D eigenvalue weighted by Gasteiger charge is 2.28. The standard InChI is InChI=1S/C16H12BrNO2/c1-2-10-6-7-11-12(4-3-5-13(11)17)16(10)18-14(19)8-9-15(18)20/h3-9H,2H2,1H3. The van der Waals surface area contributed by atoms with Crippen LogP contribution in [0.15, 0.2) is 47.0 Å². The summed E-state index contributed by atoms with van der Waals surface area (Å²) in [4.78, 5) is 25.2. The first-order valence-electron chi connectivity index (χ1n) is 6.39. The number of nitrogens with zero attached hydrogens (tertiary/aromatic N) is 1. The lowest BCUT2D eigenvalue weighted by molar-refractivity contribution is -0.119. The molecule has 3 rings (SSSR count). The van der Waals surface area contributed by atoms with Gasteiger partial charge in [0.25, 0.3) is 11.8 Å². The third-order valence-electron chi connectivity index (χ3n) is 3.48. The third-order valence-corrected chi connectivity index (χ3v) is 4.17. The Labute approximate surface area is 125 Å². The molecule has 0 unspecified atom stereocenters. The van der Waals surface area contributed by atoms with Gasteiger partial charge in [-0.05, 0) is 23.4 Å². The Morgan fingerprint density at radius 2 is 1.70 bits per heavy atom. The Morgan fingerprint density at radius 1 is 1.00 bits per heavy atom. The largest absolute Gasteiger partial charge is 0.269 e. The number of hydrogen-bond donors (Lipinski definition) is 0. The molecule has 0 saturated carbocycles. The van der Waals surface area contributed by atoms with Crippen molar-refractivity contribution in [2.75, 3.05) is 4.90 Å². The van der Waals surface area contributed by atoms with Crippen molar-refractivity contribution in [2.45, 2.75) is 13.3 Å². The van der Waals surface area contributed by atoms with Gasteiger partial charge in [0.1, 0.15) is 0 Å². The van der Waals surface area contributed by atoms with Crippen molar-refractivity contribution in [3.05, 3.63) is 52.5 Å². The van der Waals surface area contributed by atoms with Crippen LogP contribution in [0.5, 0.6) is 0 Å². The van der Waals surface area contributed by atoms with Gasteiger partial charge < -0.3 is 0 Å². The normalized spacial score (nSPS) is 14.6. The smallest absolute Gasteiger partial charge is 0.258 e. The van der Waals surface area contributed by atoms with Crippen LogP contribution in [-0.4, -0.2) is 11.8 Å². The van der Waals surface area contributed by atoms with Crippen molar-refractivity contribution in [3.8, 4) is 0 Å². The van der Waals surface area contributed by atoms with E-state index in [1.165, 1.54) is 17.1 Å². The molecule has 0 atom stereocenters. The van der Waals surface area contributed by atoms with Gasteiger partial charge in [-0.1, -0.05) is 47.1 Å². The average Bonchev–Trinajstić information content (AvgIpc) is 2.77. The number of carbonyl (C=O) groups excluding carboxylic acids is 2. The molecule has 4 heteroatoms. The molecular weight excluding hydrogens is 318 g/mol. The van der Waals surface area contributed by atoms with Gasteiger partial charge in [0, 0.05) is 22.0 Å². The molecule has 0 aromatic heterocycles. The molecule has 0 aliphatic carbocycles. The molecule has 0 radical (unpaired) electrons. The van der Waals surface area contributed by atoms with Crippen LogP contribution < -0.4 is 4.90 Å². The highest BCUT2D eigenvalue weighted by molar-refractivity contribution is 9.10. The second kappa shape index (κ2) is 4.87. The van der Waals surface area contributed by atoms with E-state index in [4.69, 9.17) is 0 Å². The Hall–Kier alpha value is -1.94. The van der Waals surface area contributed by atoms with E-state index in [9.17, 15) is 9.59 Å². The number of carbonyl (C=O) groups is 2. The van der Waals surface area contributed by atoms with E-state index < -0.39 is 0 Å². The maximum absolute atomic E-state index is 12.0. The van der Waals surface area contributed by atoms with Crippen molar-refractivity contribution in [1.82, 2.24) is 0 Å². The van der Waals surface area contributed by atoms with E-state index in [0.717, 1.165) is 27.2 Å². The van der Waals surface area contributed by atoms with Gasteiger partial charge in [-0.2, -0.15) is 0 Å². The number of rotatable bonds is 2. The second-order valence-corrected chi connectivity index (χ2v) is 5.46. The summed E-state index contributed by atoms with van der Waals surface area (Å²) in [6.07, 6.45) is 3.39. The summed E-state index contributed by atoms with van der Waals surface area (Å²) in [5.41, 5.74) is 1.69. The minimum Gasteiger partial charge on any atom is -0.269 e. The Bertz CT molecular complexity index is 746. The number of hydrogen-bond acceptors (Lipinski definition) is 2. The van der Waals surface area contributed by atoms with Crippen LogP contribution in [0.1, 0.15) is 12.5 Å². The zero-order valence-electron chi connectivity index (χ0n) is 10.9. The number of benzene rings is 2. The van der Waals surface area contributed by atoms with Crippen LogP contribution in [0.3, 0.4) is 0 Å². The summed E-state index contributed by atoms with van der Waals surface area (Å²) in [5, 5.41) is 1.90. The summed E-state index contributed by atoms with van der Waals surface area (Å²) in [7, 11) is 0. The van der Waals surface area contributed by atoms with Crippen LogP contribution in [0.2, 0.25) is 0 Å². The predicted octanol–water partition coefficient (Wildman–Crippen LogP) is 3.59. The zero-order valence-corrected chi connectivity index (χ0v) is 12.5. The first kappa shape index (κ1) is 13.1. The van der Waals surface area contributed by atoms with Crippen LogP contribution in [-0.2, 0) is 16.0 Å². The number of aryl methyl sites for hydroxylation is 1. The zero-order chi connectivity index (χ0) is 14.3. The molecule has 0 bridgehead atoms. The van der Waals surface area contributed by atoms with Crippen molar-refractivity contribution < 1.29 is 9.59 Å². The summed E-state index contributed by atoms with van der Waals surface area (Å²) < 4.78 is 0.950. The van der Waals surface area contributed by atoms with E-state index >= 15 is 0 Å². The quantitative estimate of drug-likeness (QED) is 0.789. The van der Waals surface area contributed by atoms with Crippen molar-refractivity contribution in [1.29, 1.82) is 0 Å². The number of fused-ring (bicyclic) bond motifs is 1. The minimum atomic E-state index is -0.280. The Morgan fingerprint density at radius 3 is 2.35 bits per heavy atom. The summed E-state index contributed by atoms with van der Waals surface area (Å²) in [5.74, 6) is -0.561. The molecule has 0 fully saturated rings. The van der Waals surface area contributed by atoms with Gasteiger partial charge in [0.05, 0.1) is 5.69 Å². The van der Waals surface area contributed by atoms with Gasteiger partial charge in [-0.15, -0.1) is 0 Å². The molecule has 20 heavy (non-hydrogen) atoms. The number of amides is 2. The molecular formula is C16H12BrNO2. The van der Waals surface area contributed by atoms with E-state index in [2.05, 4.69) is 15.9 Å². The number of imide groups is 1. The van der Waals surface area contributed by atoms with Gasteiger partial charge in [0.2, 0.25) is 0 Å². The first-order valence-corrected chi connectivity index (χ1v) is 7.19. The summed E-state index contributed by atoms with van der Waals surface area (Å²) in [6, 6.07) is 9.78. The third kappa shape index (κ3) is 1.88. The summed E-state index contributed by atoms with van der Waals surface area (Å²) in [6.45, 7) is 2.01. The highest BCUT2D eigenvalue weighted by Crippen LogP contribution is 2.36. The topological polar surface area (TPSA) is 37.4 Å². The molecule has 2 amide bonds. The molecule has 0 N–H and O–H groups in total. The van der Waals surface area contributed by atoms with Gasteiger partial charge in [-0.3, -0.25) is 9.59 Å². The molecule has 2 aromatic carbocycles. The lowest BCUT2D eigenvalue weighted by Gasteiger charge is -2.20. The SMILES string of the molecule is CCc1ccc2c(Br)cccc2c1N1C(=O)C=CC1=O. The minimum absolute atomic E-state index is 0.280. The maximum Gasteiger partial charge on any atom is 0.258 e. The van der Waals surface area contributed by atoms with Gasteiger partial charge in [0.15, 0.2) is 0 Å². The molecule has 1 heterocycles. The van der Waals surface area contributed by atoms with Crippen LogP contribution in [0.4, 0.5) is 5.69 Å². The lowest BCUT2D eigenvalue weighted by Crippen LogP contribution is -2.30. The lowest BCUT2D eigenvalue weighted by atomic mass is 10.0. The molecule has 2 aromatic rings. The molecule has 100 valence electrons. The van der Waals surface area contributed by atoms with Crippen LogP contribution in [0.25, 0.3) is 10.8 Å². The van der Waals surface area contributed by atoms with E-state index in [1.54, 1.807) is 0 Å². The fourth-order valence-corrected chi connectivity index (χ4v) is 3.02. The second-order valence-electron chi connectivity index (χ2n) is 4.61. The molecule has 0 saturated heterocycles. The fraction of sp³-hybridized carbons (Fsp3) is 0.125. The van der Waals surface area contributed by atoms with Crippen molar-refractivity contribution in [3.63, 3.8) is 0 Å². The van der Waals surface area contributed by atoms with Gasteiger partial charge >= 0.3 is 0 Å². The molecule has 1 aliphatic rings. The number of anilines is 1. The van der Waals surface area contributed by atoms with E-state index in [-0.39, 0.29) is 11.8 Å². The number of halogens is 1. The Kier molecular flexibility index (Phi) is 3.18. The molecule has 1 aliphatic heterocycles. The van der Waals surface area contributed by atoms with Crippen LogP contribution >= 0.6 is 15.9 Å². The van der Waals surface area contributed by atoms with E-state index in [0.29, 0.717) is 5.69 Å². The Balaban J connectivity index is 2.35. The van der Waals surface area contributed by atoms with Gasteiger partial charge in [-0.25, -0.2) is 4.90 Å². The molecule has 0 spiro atoms. The van der Waals surface area contributed by atoms with Crippen molar-refractivity contribution in [2.24, 2.45) is 0 Å². The average molecular weight is 330 g/mol. The fourth-order valence-electron chi connectivity index (χ4n) is 2.52. The van der Waals surface area contributed by atoms with E-state index in [1.807, 2.05) is 37.3 Å². The highest BCUT2D eigenvalue weighted by atomic mass is 79.9. The van der Waals surface area contributed by atoms with Crippen molar-refractivity contribution >= 4 is 44.2 Å². The van der Waals surface area contributed by atoms with Crippen LogP contribution in [0, 0.1) is 0 Å². The molecule has 3 nitrogen and oxygen atoms in total. The first-order chi connectivity index (χ1) is 9.63. The monoisotopic (exact) mass is 329 g/mol.